The number of aldehydes is 1. The first-order valence-corrected chi connectivity index (χ1v) is 10.3. The number of hydrogen-bond acceptors (Lipinski definition) is 7. The number of rotatable bonds is 9. The lowest BCUT2D eigenvalue weighted by Crippen LogP contribution is -2.34. The molecule has 30 heavy (non-hydrogen) atoms. The lowest BCUT2D eigenvalue weighted by atomic mass is 10.0. The summed E-state index contributed by atoms with van der Waals surface area (Å²) in [6, 6.07) is 0. The van der Waals surface area contributed by atoms with Gasteiger partial charge >= 0.3 is 11.9 Å². The average molecular weight is 432 g/mol. The van der Waals surface area contributed by atoms with Crippen molar-refractivity contribution >= 4 is 24.1 Å². The normalized spacial score (nSPS) is 13.3. The van der Waals surface area contributed by atoms with Crippen LogP contribution in [0.15, 0.2) is 0 Å². The number of ether oxygens (including phenoxy) is 2. The van der Waals surface area contributed by atoms with E-state index in [-0.39, 0.29) is 36.6 Å². The topological polar surface area (TPSA) is 99.2 Å². The molecule has 0 aromatic carbocycles. The van der Waals surface area contributed by atoms with Crippen molar-refractivity contribution in [3.8, 4) is 0 Å². The highest BCUT2D eigenvalue weighted by Crippen LogP contribution is 2.16. The Balaban J connectivity index is 0. The Kier molecular flexibility index (Phi) is 14.2. The molecule has 0 spiro atoms. The number of amides is 1. The third kappa shape index (κ3) is 15.9. The molecule has 1 amide bonds. The SMILES string of the molecule is CC[C@@H](C=O)CC(=O)OC(C)(C)C.CC[C@H](CC(=O)OC(C)(C)C)C(=O)N(C)OC. The quantitative estimate of drug-likeness (QED) is 0.312. The highest BCUT2D eigenvalue weighted by Gasteiger charge is 2.26. The lowest BCUT2D eigenvalue weighted by molar-refractivity contribution is -0.176. The molecule has 0 N–H and O–H groups in total. The number of esters is 2. The van der Waals surface area contributed by atoms with Gasteiger partial charge in [-0.25, -0.2) is 5.06 Å². The van der Waals surface area contributed by atoms with E-state index in [0.717, 1.165) is 11.3 Å². The van der Waals surface area contributed by atoms with Crippen LogP contribution >= 0.6 is 0 Å². The van der Waals surface area contributed by atoms with Gasteiger partial charge in [-0.05, 0) is 54.4 Å². The molecular formula is C22H41NO7. The number of hydrogen-bond donors (Lipinski definition) is 0. The van der Waals surface area contributed by atoms with Gasteiger partial charge in [0, 0.05) is 13.0 Å². The van der Waals surface area contributed by atoms with Crippen LogP contribution in [-0.4, -0.2) is 54.6 Å². The first-order valence-electron chi connectivity index (χ1n) is 10.3. The molecule has 0 rings (SSSR count). The Labute approximate surface area is 181 Å². The van der Waals surface area contributed by atoms with E-state index in [1.807, 2.05) is 34.6 Å². The Bertz CT molecular complexity index is 547. The van der Waals surface area contributed by atoms with Gasteiger partial charge in [-0.1, -0.05) is 13.8 Å². The van der Waals surface area contributed by atoms with Crippen molar-refractivity contribution in [3.05, 3.63) is 0 Å². The fourth-order valence-electron chi connectivity index (χ4n) is 2.22. The standard InChI is InChI=1S/C12H23NO4.C10H18O3/c1-7-9(11(15)13(5)16-6)8-10(14)17-12(2,3)4;1-5-8(7-11)6-9(12)13-10(2,3)4/h9H,7-8H2,1-6H3;7-8H,5-6H2,1-4H3/t9-;8-/m11/s1. The predicted octanol–water partition coefficient (Wildman–Crippen LogP) is 3.71. The third-order valence-electron chi connectivity index (χ3n) is 3.83. The second-order valence-corrected chi connectivity index (χ2v) is 9.01. The molecular weight excluding hydrogens is 390 g/mol. The maximum Gasteiger partial charge on any atom is 0.307 e. The number of hydroxylamine groups is 2. The van der Waals surface area contributed by atoms with E-state index in [9.17, 15) is 19.2 Å². The van der Waals surface area contributed by atoms with Gasteiger partial charge in [0.15, 0.2) is 0 Å². The van der Waals surface area contributed by atoms with Crippen molar-refractivity contribution in [3.63, 3.8) is 0 Å². The van der Waals surface area contributed by atoms with Crippen molar-refractivity contribution in [2.24, 2.45) is 11.8 Å². The second kappa shape index (κ2) is 14.1. The van der Waals surface area contributed by atoms with Crippen LogP contribution in [-0.2, 0) is 33.5 Å². The van der Waals surface area contributed by atoms with Gasteiger partial charge in [0.1, 0.15) is 17.5 Å². The minimum absolute atomic E-state index is 0.0836. The van der Waals surface area contributed by atoms with Gasteiger partial charge in [-0.3, -0.25) is 19.2 Å². The van der Waals surface area contributed by atoms with Crippen LogP contribution in [0.5, 0.6) is 0 Å². The van der Waals surface area contributed by atoms with Gasteiger partial charge in [0.05, 0.1) is 25.9 Å². The second-order valence-electron chi connectivity index (χ2n) is 9.01. The number of carbonyl (C=O) groups excluding carboxylic acids is 4. The largest absolute Gasteiger partial charge is 0.460 e. The predicted molar refractivity (Wildman–Crippen MR) is 114 cm³/mol. The molecule has 0 radical (unpaired) electrons. The molecule has 8 heteroatoms. The van der Waals surface area contributed by atoms with Gasteiger partial charge < -0.3 is 14.3 Å². The minimum Gasteiger partial charge on any atom is -0.460 e. The van der Waals surface area contributed by atoms with Crippen LogP contribution in [0, 0.1) is 11.8 Å². The summed E-state index contributed by atoms with van der Waals surface area (Å²) in [6.45, 7) is 14.6. The molecule has 0 unspecified atom stereocenters. The minimum atomic E-state index is -0.522. The summed E-state index contributed by atoms with van der Waals surface area (Å²) in [4.78, 5) is 49.9. The monoisotopic (exact) mass is 431 g/mol. The molecule has 0 aromatic heterocycles. The van der Waals surface area contributed by atoms with Gasteiger partial charge in [0.2, 0.25) is 5.91 Å². The van der Waals surface area contributed by atoms with Crippen molar-refractivity contribution < 1.29 is 33.5 Å². The Morgan fingerprint density at radius 2 is 1.30 bits per heavy atom. The van der Waals surface area contributed by atoms with Crippen molar-refractivity contribution in [1.29, 1.82) is 0 Å². The maximum absolute atomic E-state index is 11.8. The Morgan fingerprint density at radius 3 is 1.60 bits per heavy atom. The molecule has 0 aliphatic heterocycles. The van der Waals surface area contributed by atoms with Crippen LogP contribution in [0.2, 0.25) is 0 Å². The summed E-state index contributed by atoms with van der Waals surface area (Å²) in [5.74, 6) is -1.46. The van der Waals surface area contributed by atoms with Gasteiger partial charge in [-0.2, -0.15) is 0 Å². The van der Waals surface area contributed by atoms with Crippen molar-refractivity contribution in [2.45, 2.75) is 92.3 Å². The summed E-state index contributed by atoms with van der Waals surface area (Å²) in [7, 11) is 2.94. The van der Waals surface area contributed by atoms with Crippen molar-refractivity contribution in [2.75, 3.05) is 14.2 Å². The van der Waals surface area contributed by atoms with Crippen LogP contribution in [0.4, 0.5) is 0 Å². The number of nitrogens with zero attached hydrogens (tertiary/aromatic N) is 1. The molecule has 8 nitrogen and oxygen atoms in total. The van der Waals surface area contributed by atoms with E-state index in [1.165, 1.54) is 14.2 Å². The van der Waals surface area contributed by atoms with Crippen LogP contribution in [0.1, 0.15) is 81.1 Å². The molecule has 0 fully saturated rings. The van der Waals surface area contributed by atoms with Crippen LogP contribution in [0.3, 0.4) is 0 Å². The summed E-state index contributed by atoms with van der Waals surface area (Å²) in [6.07, 6.45) is 2.34. The highest BCUT2D eigenvalue weighted by atomic mass is 16.7. The highest BCUT2D eigenvalue weighted by molar-refractivity contribution is 5.83. The van der Waals surface area contributed by atoms with Gasteiger partial charge in [0.25, 0.3) is 0 Å². The Hall–Kier alpha value is -1.96. The summed E-state index contributed by atoms with van der Waals surface area (Å²) in [5, 5.41) is 1.14. The summed E-state index contributed by atoms with van der Waals surface area (Å²) < 4.78 is 10.3. The lowest BCUT2D eigenvalue weighted by Gasteiger charge is -2.23. The van der Waals surface area contributed by atoms with Crippen LogP contribution in [0.25, 0.3) is 0 Å². The molecule has 0 saturated carbocycles. The summed E-state index contributed by atoms with van der Waals surface area (Å²) in [5.41, 5.74) is -0.982. The fourth-order valence-corrected chi connectivity index (χ4v) is 2.22. The van der Waals surface area contributed by atoms with E-state index in [1.54, 1.807) is 20.8 Å². The van der Waals surface area contributed by atoms with E-state index >= 15 is 0 Å². The van der Waals surface area contributed by atoms with E-state index in [4.69, 9.17) is 14.3 Å². The fraction of sp³-hybridized carbons (Fsp3) is 0.818. The number of carbonyl (C=O) groups is 4. The molecule has 2 atom stereocenters. The zero-order valence-electron chi connectivity index (χ0n) is 20.4. The van der Waals surface area contributed by atoms with E-state index < -0.39 is 17.1 Å². The maximum atomic E-state index is 11.8. The van der Waals surface area contributed by atoms with Crippen molar-refractivity contribution in [1.82, 2.24) is 5.06 Å². The molecule has 0 heterocycles. The average Bonchev–Trinajstić information content (AvgIpc) is 2.60. The molecule has 0 saturated heterocycles. The zero-order chi connectivity index (χ0) is 24.1. The zero-order valence-corrected chi connectivity index (χ0v) is 20.4. The molecule has 0 bridgehead atoms. The Morgan fingerprint density at radius 1 is 0.867 bits per heavy atom. The molecule has 0 aromatic rings. The molecule has 0 aliphatic carbocycles. The van der Waals surface area contributed by atoms with E-state index in [2.05, 4.69) is 0 Å². The molecule has 0 aliphatic rings. The third-order valence-corrected chi connectivity index (χ3v) is 3.83. The smallest absolute Gasteiger partial charge is 0.307 e. The molecule has 176 valence electrons. The summed E-state index contributed by atoms with van der Waals surface area (Å²) >= 11 is 0. The van der Waals surface area contributed by atoms with E-state index in [0.29, 0.717) is 12.8 Å². The van der Waals surface area contributed by atoms with Crippen LogP contribution < -0.4 is 0 Å². The first-order chi connectivity index (χ1) is 13.6. The van der Waals surface area contributed by atoms with Gasteiger partial charge in [-0.15, -0.1) is 0 Å². The first kappa shape index (κ1) is 30.2.